The van der Waals surface area contributed by atoms with Gasteiger partial charge in [0.1, 0.15) is 12.1 Å². The molecular weight excluding hydrogens is 444 g/mol. The number of carboxylic acid groups (broad SMARTS) is 4. The van der Waals surface area contributed by atoms with Crippen molar-refractivity contribution in [2.24, 2.45) is 0 Å². The molecule has 0 fully saturated rings. The Kier molecular flexibility index (Phi) is 14.0. The molecule has 33 heavy (non-hydrogen) atoms. The van der Waals surface area contributed by atoms with Gasteiger partial charge < -0.3 is 31.1 Å². The maximum atomic E-state index is 12.1. The maximum Gasteiger partial charge on any atom is 0.321 e. The SMILES string of the molecule is CCCC(=O)NCNC(=O)CCN(CCN(C)[C@H](CC(=O)O)C(=O)O)[C@H](CC(=O)O)C(=O)O. The van der Waals surface area contributed by atoms with Gasteiger partial charge in [-0.1, -0.05) is 6.92 Å². The summed E-state index contributed by atoms with van der Waals surface area (Å²) >= 11 is 0. The Balaban J connectivity index is 5.14. The Labute approximate surface area is 190 Å². The number of hydrogen-bond donors (Lipinski definition) is 6. The van der Waals surface area contributed by atoms with Crippen LogP contribution >= 0.6 is 0 Å². The molecule has 0 aromatic heterocycles. The number of aliphatic carboxylic acids is 4. The fraction of sp³-hybridized carbons (Fsp3) is 0.684. The van der Waals surface area contributed by atoms with E-state index in [2.05, 4.69) is 10.6 Å². The van der Waals surface area contributed by atoms with Crippen LogP contribution in [0.15, 0.2) is 0 Å². The fourth-order valence-corrected chi connectivity index (χ4v) is 2.89. The number of carboxylic acids is 4. The van der Waals surface area contributed by atoms with Crippen molar-refractivity contribution in [1.29, 1.82) is 0 Å². The topological polar surface area (TPSA) is 214 Å². The summed E-state index contributed by atoms with van der Waals surface area (Å²) in [6, 6.07) is -2.86. The van der Waals surface area contributed by atoms with E-state index < -0.39 is 54.7 Å². The van der Waals surface area contributed by atoms with Crippen molar-refractivity contribution < 1.29 is 49.2 Å². The number of rotatable bonds is 18. The number of hydrogen-bond acceptors (Lipinski definition) is 8. The Hall–Kier alpha value is -3.26. The van der Waals surface area contributed by atoms with Crippen molar-refractivity contribution in [1.82, 2.24) is 20.4 Å². The van der Waals surface area contributed by atoms with E-state index in [0.717, 1.165) is 0 Å². The molecule has 0 rings (SSSR count). The number of amides is 2. The Morgan fingerprint density at radius 3 is 1.67 bits per heavy atom. The van der Waals surface area contributed by atoms with Crippen molar-refractivity contribution in [2.45, 2.75) is 51.1 Å². The highest BCUT2D eigenvalue weighted by Gasteiger charge is 2.30. The highest BCUT2D eigenvalue weighted by atomic mass is 16.4. The number of carbonyl (C=O) groups is 6. The zero-order valence-corrected chi connectivity index (χ0v) is 18.7. The van der Waals surface area contributed by atoms with Crippen LogP contribution in [0.3, 0.4) is 0 Å². The van der Waals surface area contributed by atoms with Gasteiger partial charge in [0.15, 0.2) is 0 Å². The average Bonchev–Trinajstić information content (AvgIpc) is 2.70. The van der Waals surface area contributed by atoms with Crippen LogP contribution in [0.2, 0.25) is 0 Å². The molecule has 0 bridgehead atoms. The first-order valence-electron chi connectivity index (χ1n) is 10.3. The van der Waals surface area contributed by atoms with E-state index in [1.165, 1.54) is 16.8 Å². The van der Waals surface area contributed by atoms with Crippen molar-refractivity contribution in [3.63, 3.8) is 0 Å². The van der Waals surface area contributed by atoms with Crippen LogP contribution in [0.5, 0.6) is 0 Å². The van der Waals surface area contributed by atoms with E-state index in [-0.39, 0.29) is 38.6 Å². The molecule has 188 valence electrons. The van der Waals surface area contributed by atoms with Crippen LogP contribution in [0.1, 0.15) is 39.0 Å². The van der Waals surface area contributed by atoms with E-state index in [9.17, 15) is 39.0 Å². The third-order valence-corrected chi connectivity index (χ3v) is 4.69. The third-order valence-electron chi connectivity index (χ3n) is 4.69. The summed E-state index contributed by atoms with van der Waals surface area (Å²) < 4.78 is 0. The number of nitrogens with one attached hydrogen (secondary N) is 2. The lowest BCUT2D eigenvalue weighted by atomic mass is 10.1. The summed E-state index contributed by atoms with van der Waals surface area (Å²) in [6.45, 7) is 1.31. The number of likely N-dealkylation sites (N-methyl/N-ethyl adjacent to an activating group) is 1. The molecule has 6 N–H and O–H groups in total. The van der Waals surface area contributed by atoms with Crippen LogP contribution in [0.4, 0.5) is 0 Å². The summed E-state index contributed by atoms with van der Waals surface area (Å²) in [6.07, 6.45) is -0.723. The predicted octanol–water partition coefficient (Wildman–Crippen LogP) is -1.54. The molecule has 0 saturated heterocycles. The van der Waals surface area contributed by atoms with Gasteiger partial charge in [0, 0.05) is 32.5 Å². The fourth-order valence-electron chi connectivity index (χ4n) is 2.89. The first-order valence-corrected chi connectivity index (χ1v) is 10.3. The lowest BCUT2D eigenvalue weighted by molar-refractivity contribution is -0.151. The minimum absolute atomic E-state index is 0.0949. The molecule has 0 unspecified atom stereocenters. The van der Waals surface area contributed by atoms with Crippen LogP contribution in [-0.2, 0) is 28.8 Å². The van der Waals surface area contributed by atoms with E-state index >= 15 is 0 Å². The van der Waals surface area contributed by atoms with E-state index in [4.69, 9.17) is 10.2 Å². The molecule has 0 aromatic carbocycles. The second-order valence-electron chi connectivity index (χ2n) is 7.30. The third kappa shape index (κ3) is 13.0. The van der Waals surface area contributed by atoms with E-state index in [1.54, 1.807) is 0 Å². The van der Waals surface area contributed by atoms with Gasteiger partial charge in [-0.3, -0.25) is 38.6 Å². The summed E-state index contributed by atoms with van der Waals surface area (Å²) in [5.41, 5.74) is 0. The van der Waals surface area contributed by atoms with Gasteiger partial charge in [0.05, 0.1) is 19.5 Å². The molecule has 2 amide bonds. The molecule has 0 heterocycles. The average molecular weight is 476 g/mol. The van der Waals surface area contributed by atoms with Crippen LogP contribution in [0, 0.1) is 0 Å². The highest BCUT2D eigenvalue weighted by Crippen LogP contribution is 2.09. The summed E-state index contributed by atoms with van der Waals surface area (Å²) in [7, 11) is 1.35. The minimum Gasteiger partial charge on any atom is -0.481 e. The molecule has 0 radical (unpaired) electrons. The molecule has 0 saturated carbocycles. The zero-order chi connectivity index (χ0) is 25.6. The van der Waals surface area contributed by atoms with Gasteiger partial charge in [-0.2, -0.15) is 0 Å². The van der Waals surface area contributed by atoms with Crippen molar-refractivity contribution in [3.8, 4) is 0 Å². The second-order valence-corrected chi connectivity index (χ2v) is 7.30. The molecule has 14 heteroatoms. The quantitative estimate of drug-likeness (QED) is 0.124. The molecule has 0 aromatic rings. The molecule has 0 spiro atoms. The van der Waals surface area contributed by atoms with Crippen LogP contribution < -0.4 is 10.6 Å². The standard InChI is InChI=1S/C19H32N4O10/c1-3-4-14(24)20-11-21-15(25)5-6-23(13(19(32)33)10-17(28)29)8-7-22(2)12(18(30)31)9-16(26)27/h12-13H,3-11H2,1-2H3,(H,20,24)(H,21,25)(H,26,27)(H,28,29)(H,30,31)(H,32,33)/t12-,13-/m1/s1. The first-order chi connectivity index (χ1) is 15.4. The van der Waals surface area contributed by atoms with Crippen molar-refractivity contribution in [3.05, 3.63) is 0 Å². The van der Waals surface area contributed by atoms with Gasteiger partial charge in [-0.25, -0.2) is 0 Å². The molecule has 14 nitrogen and oxygen atoms in total. The Bertz CT molecular complexity index is 715. The highest BCUT2D eigenvalue weighted by molar-refractivity contribution is 5.81. The largest absolute Gasteiger partial charge is 0.481 e. The van der Waals surface area contributed by atoms with Crippen molar-refractivity contribution >= 4 is 35.7 Å². The molecule has 0 aliphatic heterocycles. The number of carbonyl (C=O) groups excluding carboxylic acids is 2. The molecule has 0 aliphatic carbocycles. The van der Waals surface area contributed by atoms with Gasteiger partial charge in [0.2, 0.25) is 11.8 Å². The predicted molar refractivity (Wildman–Crippen MR) is 112 cm³/mol. The maximum absolute atomic E-state index is 12.1. The van der Waals surface area contributed by atoms with Gasteiger partial charge >= 0.3 is 23.9 Å². The van der Waals surface area contributed by atoms with Crippen LogP contribution in [-0.4, -0.2) is 111 Å². The second kappa shape index (κ2) is 15.5. The van der Waals surface area contributed by atoms with Gasteiger partial charge in [-0.05, 0) is 13.5 Å². The normalized spacial score (nSPS) is 12.7. The van der Waals surface area contributed by atoms with Gasteiger partial charge in [0.25, 0.3) is 0 Å². The molecule has 0 aliphatic rings. The summed E-state index contributed by atoms with van der Waals surface area (Å²) in [5, 5.41) is 41.5. The van der Waals surface area contributed by atoms with Gasteiger partial charge in [-0.15, -0.1) is 0 Å². The molecular formula is C19H32N4O10. The van der Waals surface area contributed by atoms with E-state index in [1.807, 2.05) is 6.92 Å². The first kappa shape index (κ1) is 29.7. The Morgan fingerprint density at radius 1 is 0.727 bits per heavy atom. The number of nitrogens with zero attached hydrogens (tertiary/aromatic N) is 2. The summed E-state index contributed by atoms with van der Waals surface area (Å²) in [4.78, 5) is 70.8. The molecule has 2 atom stereocenters. The van der Waals surface area contributed by atoms with Crippen LogP contribution in [0.25, 0.3) is 0 Å². The zero-order valence-electron chi connectivity index (χ0n) is 18.7. The Morgan fingerprint density at radius 2 is 1.21 bits per heavy atom. The minimum atomic E-state index is -1.49. The lowest BCUT2D eigenvalue weighted by Gasteiger charge is -2.31. The van der Waals surface area contributed by atoms with E-state index in [0.29, 0.717) is 12.8 Å². The monoisotopic (exact) mass is 476 g/mol. The lowest BCUT2D eigenvalue weighted by Crippen LogP contribution is -2.49. The van der Waals surface area contributed by atoms with Crippen molar-refractivity contribution in [2.75, 3.05) is 33.4 Å². The smallest absolute Gasteiger partial charge is 0.321 e. The summed E-state index contributed by atoms with van der Waals surface area (Å²) in [5.74, 6) is -6.28.